The topological polar surface area (TPSA) is 51.2 Å². The number of ether oxygens (including phenoxy) is 3. The summed E-state index contributed by atoms with van der Waals surface area (Å²) in [6.45, 7) is 4.51. The number of carbonyl (C=O) groups is 1. The molecule has 0 spiro atoms. The Balaban J connectivity index is 0.00000256. The first kappa shape index (κ1) is 22.2. The molecule has 162 valence electrons. The molecule has 1 heterocycles. The fraction of sp³-hybridized carbons (Fsp3) is 0.435. The second-order valence-electron chi connectivity index (χ2n) is 7.59. The van der Waals surface area contributed by atoms with Crippen LogP contribution < -0.4 is 19.1 Å². The highest BCUT2D eigenvalue weighted by molar-refractivity contribution is 6.03. The quantitative estimate of drug-likeness (QED) is 0.698. The molecule has 1 aliphatic carbocycles. The van der Waals surface area contributed by atoms with Crippen LogP contribution in [0, 0.1) is 5.92 Å². The Hall–Kier alpha value is -2.44. The first-order valence-electron chi connectivity index (χ1n) is 10.0. The highest BCUT2D eigenvalue weighted by atomic mass is 35.5. The molecule has 0 N–H and O–H groups in total. The minimum atomic E-state index is -0.000348. The van der Waals surface area contributed by atoms with Crippen LogP contribution in [-0.2, 0) is 6.42 Å². The summed E-state index contributed by atoms with van der Waals surface area (Å²) in [6, 6.07) is 11.9. The van der Waals surface area contributed by atoms with E-state index in [0.29, 0.717) is 11.5 Å². The first-order chi connectivity index (χ1) is 14.1. The minimum Gasteiger partial charge on any atom is -0.495 e. The Morgan fingerprint density at radius 2 is 1.53 bits per heavy atom. The van der Waals surface area contributed by atoms with Gasteiger partial charge in [-0.1, -0.05) is 12.1 Å². The molecule has 0 aromatic heterocycles. The van der Waals surface area contributed by atoms with Gasteiger partial charge in [-0.2, -0.15) is 0 Å². The molecule has 1 aliphatic heterocycles. The van der Waals surface area contributed by atoms with E-state index in [1.165, 1.54) is 0 Å². The number of benzene rings is 2. The Labute approximate surface area is 184 Å². The predicted molar refractivity (Wildman–Crippen MR) is 120 cm³/mol. The molecule has 4 rings (SSSR count). The first-order valence-corrected chi connectivity index (χ1v) is 10.0. The molecule has 7 heteroatoms. The van der Waals surface area contributed by atoms with Gasteiger partial charge in [0, 0.05) is 44.2 Å². The van der Waals surface area contributed by atoms with Crippen LogP contribution in [0.1, 0.15) is 15.9 Å². The standard InChI is InChI=1S/C23H28N2O4.ClH/c1-27-20-7-5-4-6-19(20)25-10-8-24(9-11-25)15-17-12-16-13-21(28-2)22(29-3)14-18(16)23(17)26;/h4-7,13-14,17H,8-12,15H2,1-3H3;1H. The zero-order valence-corrected chi connectivity index (χ0v) is 18.5. The van der Waals surface area contributed by atoms with Gasteiger partial charge in [-0.05, 0) is 36.2 Å². The summed E-state index contributed by atoms with van der Waals surface area (Å²) in [5.41, 5.74) is 2.98. The van der Waals surface area contributed by atoms with Gasteiger partial charge in [0.15, 0.2) is 17.3 Å². The van der Waals surface area contributed by atoms with Crippen molar-refractivity contribution in [2.24, 2.45) is 5.92 Å². The average molecular weight is 433 g/mol. The summed E-state index contributed by atoms with van der Waals surface area (Å²) >= 11 is 0. The van der Waals surface area contributed by atoms with Crippen LogP contribution in [0.25, 0.3) is 0 Å². The van der Waals surface area contributed by atoms with Crippen LogP contribution in [0.5, 0.6) is 17.2 Å². The van der Waals surface area contributed by atoms with Gasteiger partial charge in [0.25, 0.3) is 0 Å². The van der Waals surface area contributed by atoms with Crippen LogP contribution in [0.3, 0.4) is 0 Å². The number of fused-ring (bicyclic) bond motifs is 1. The predicted octanol–water partition coefficient (Wildman–Crippen LogP) is 3.31. The lowest BCUT2D eigenvalue weighted by atomic mass is 10.0. The third kappa shape index (κ3) is 4.20. The molecule has 6 nitrogen and oxygen atoms in total. The van der Waals surface area contributed by atoms with Crippen molar-refractivity contribution >= 4 is 23.9 Å². The number of Topliss-reactive ketones (excluding diaryl/α,β-unsaturated/α-hetero) is 1. The van der Waals surface area contributed by atoms with Crippen LogP contribution in [0.15, 0.2) is 36.4 Å². The number of piperazine rings is 1. The van der Waals surface area contributed by atoms with Crippen LogP contribution >= 0.6 is 12.4 Å². The molecule has 0 bridgehead atoms. The monoisotopic (exact) mass is 432 g/mol. The number of carbonyl (C=O) groups excluding carboxylic acids is 1. The zero-order chi connectivity index (χ0) is 20.4. The molecule has 2 aliphatic rings. The maximum atomic E-state index is 13.0. The second-order valence-corrected chi connectivity index (χ2v) is 7.59. The Morgan fingerprint density at radius 3 is 2.20 bits per heavy atom. The summed E-state index contributed by atoms with van der Waals surface area (Å²) < 4.78 is 16.3. The van der Waals surface area contributed by atoms with Crippen molar-refractivity contribution in [3.05, 3.63) is 47.5 Å². The zero-order valence-electron chi connectivity index (χ0n) is 17.7. The summed E-state index contributed by atoms with van der Waals surface area (Å²) in [5.74, 6) is 2.42. The van der Waals surface area contributed by atoms with Crippen LogP contribution in [0.2, 0.25) is 0 Å². The Morgan fingerprint density at radius 1 is 0.900 bits per heavy atom. The van der Waals surface area contributed by atoms with Crippen LogP contribution in [-0.4, -0.2) is 64.7 Å². The van der Waals surface area contributed by atoms with E-state index in [2.05, 4.69) is 15.9 Å². The van der Waals surface area contributed by atoms with Crippen molar-refractivity contribution in [1.82, 2.24) is 4.90 Å². The van der Waals surface area contributed by atoms with Crippen molar-refractivity contribution < 1.29 is 19.0 Å². The van der Waals surface area contributed by atoms with Gasteiger partial charge in [0.1, 0.15) is 5.75 Å². The SMILES string of the molecule is COc1cc2c(cc1OC)C(=O)C(CN1CCN(c3ccccc3OC)CC1)C2.Cl. The lowest BCUT2D eigenvalue weighted by molar-refractivity contribution is 0.0896. The number of nitrogens with zero attached hydrogens (tertiary/aromatic N) is 2. The molecule has 1 saturated heterocycles. The van der Waals surface area contributed by atoms with E-state index in [1.54, 1.807) is 21.3 Å². The fourth-order valence-electron chi connectivity index (χ4n) is 4.42. The molecule has 30 heavy (non-hydrogen) atoms. The lowest BCUT2D eigenvalue weighted by Crippen LogP contribution is -2.48. The van der Waals surface area contributed by atoms with E-state index >= 15 is 0 Å². The van der Waals surface area contributed by atoms with E-state index in [0.717, 1.165) is 61.7 Å². The highest BCUT2D eigenvalue weighted by Gasteiger charge is 2.34. The number of ketones is 1. The van der Waals surface area contributed by atoms with Crippen molar-refractivity contribution in [1.29, 1.82) is 0 Å². The van der Waals surface area contributed by atoms with Gasteiger partial charge < -0.3 is 19.1 Å². The van der Waals surface area contributed by atoms with E-state index in [1.807, 2.05) is 30.3 Å². The smallest absolute Gasteiger partial charge is 0.167 e. The molecule has 1 atom stereocenters. The number of rotatable bonds is 6. The third-order valence-corrected chi connectivity index (χ3v) is 5.99. The maximum Gasteiger partial charge on any atom is 0.167 e. The number of hydrogen-bond acceptors (Lipinski definition) is 6. The number of halogens is 1. The number of anilines is 1. The molecule has 0 saturated carbocycles. The van der Waals surface area contributed by atoms with Crippen molar-refractivity contribution in [2.75, 3.05) is 59.0 Å². The van der Waals surface area contributed by atoms with Crippen molar-refractivity contribution in [2.45, 2.75) is 6.42 Å². The highest BCUT2D eigenvalue weighted by Crippen LogP contribution is 2.37. The lowest BCUT2D eigenvalue weighted by Gasteiger charge is -2.37. The molecule has 2 aromatic rings. The number of methoxy groups -OCH3 is 3. The van der Waals surface area contributed by atoms with Crippen LogP contribution in [0.4, 0.5) is 5.69 Å². The Kier molecular flexibility index (Phi) is 7.10. The summed E-state index contributed by atoms with van der Waals surface area (Å²) in [5, 5.41) is 0. The molecule has 0 radical (unpaired) electrons. The third-order valence-electron chi connectivity index (χ3n) is 5.99. The molecular weight excluding hydrogens is 404 g/mol. The summed E-state index contributed by atoms with van der Waals surface area (Å²) in [6.07, 6.45) is 0.765. The molecule has 1 unspecified atom stereocenters. The van der Waals surface area contributed by atoms with Gasteiger partial charge in [0.2, 0.25) is 0 Å². The summed E-state index contributed by atoms with van der Waals surface area (Å²) in [7, 11) is 4.94. The van der Waals surface area contributed by atoms with Gasteiger partial charge in [-0.25, -0.2) is 0 Å². The van der Waals surface area contributed by atoms with E-state index in [9.17, 15) is 4.79 Å². The van der Waals surface area contributed by atoms with Gasteiger partial charge >= 0.3 is 0 Å². The van der Waals surface area contributed by atoms with E-state index in [-0.39, 0.29) is 24.1 Å². The number of hydrogen-bond donors (Lipinski definition) is 0. The second kappa shape index (κ2) is 9.58. The van der Waals surface area contributed by atoms with E-state index in [4.69, 9.17) is 14.2 Å². The van der Waals surface area contributed by atoms with Gasteiger partial charge in [-0.3, -0.25) is 9.69 Å². The summed E-state index contributed by atoms with van der Waals surface area (Å²) in [4.78, 5) is 17.7. The van der Waals surface area contributed by atoms with Crippen molar-refractivity contribution in [3.8, 4) is 17.2 Å². The molecule has 2 aromatic carbocycles. The Bertz CT molecular complexity index is 897. The van der Waals surface area contributed by atoms with Crippen molar-refractivity contribution in [3.63, 3.8) is 0 Å². The maximum absolute atomic E-state index is 13.0. The fourth-order valence-corrected chi connectivity index (χ4v) is 4.42. The number of para-hydroxylation sites is 2. The molecule has 0 amide bonds. The molecule has 1 fully saturated rings. The van der Waals surface area contributed by atoms with Gasteiger partial charge in [-0.15, -0.1) is 12.4 Å². The normalized spacial score (nSPS) is 18.6. The largest absolute Gasteiger partial charge is 0.495 e. The van der Waals surface area contributed by atoms with E-state index < -0.39 is 0 Å². The average Bonchev–Trinajstić information content (AvgIpc) is 3.07. The van der Waals surface area contributed by atoms with Gasteiger partial charge in [0.05, 0.1) is 27.0 Å². The molecular formula is C23H29ClN2O4. The minimum absolute atomic E-state index is 0.